The quantitative estimate of drug-likeness (QED) is 0.229. The van der Waals surface area contributed by atoms with E-state index in [2.05, 4.69) is 0 Å². The Morgan fingerprint density at radius 2 is 0.811 bits per heavy atom. The molecule has 0 unspecified atom stereocenters. The van der Waals surface area contributed by atoms with E-state index < -0.39 is 20.2 Å². The van der Waals surface area contributed by atoms with Gasteiger partial charge in [-0.25, -0.2) is 16.8 Å². The molecule has 0 atom stereocenters. The summed E-state index contributed by atoms with van der Waals surface area (Å²) >= 11 is 0. The monoisotopic (exact) mass is 566 g/mol. The zero-order valence-electron chi connectivity index (χ0n) is 21.6. The largest absolute Gasteiger partial charge is 2.00 e. The van der Waals surface area contributed by atoms with Gasteiger partial charge in [0.1, 0.15) is 20.2 Å². The summed E-state index contributed by atoms with van der Waals surface area (Å²) in [5.74, 6) is 0. The first-order chi connectivity index (χ1) is 17.0. The van der Waals surface area contributed by atoms with Gasteiger partial charge in [-0.15, -0.1) is 0 Å². The molecule has 0 fully saturated rings. The molecule has 0 heterocycles. The number of hydrogen-bond donors (Lipinski definition) is 0. The van der Waals surface area contributed by atoms with Gasteiger partial charge in [0, 0.05) is 10.8 Å². The Bertz CT molecular complexity index is 1500. The van der Waals surface area contributed by atoms with E-state index in [0.717, 1.165) is 45.9 Å². The van der Waals surface area contributed by atoms with E-state index in [4.69, 9.17) is 0 Å². The van der Waals surface area contributed by atoms with Crippen LogP contribution in [0.25, 0.3) is 21.5 Å². The van der Waals surface area contributed by atoms with Crippen molar-refractivity contribution in [3.8, 4) is 0 Å². The fraction of sp³-hybridized carbons (Fsp3) is 0.286. The topological polar surface area (TPSA) is 114 Å². The van der Waals surface area contributed by atoms with Crippen LogP contribution in [-0.2, 0) is 45.9 Å². The summed E-state index contributed by atoms with van der Waals surface area (Å²) in [6.07, 6.45) is 3.02. The first-order valence-corrected chi connectivity index (χ1v) is 14.8. The fourth-order valence-electron chi connectivity index (χ4n) is 4.63. The zero-order chi connectivity index (χ0) is 26.7. The molecule has 0 aromatic heterocycles. The molecule has 0 aliphatic rings. The van der Waals surface area contributed by atoms with Gasteiger partial charge in [-0.3, -0.25) is 0 Å². The number of hydrogen-bond acceptors (Lipinski definition) is 6. The Labute approximate surface area is 249 Å². The molecular formula is C28H30CaO6S2. The van der Waals surface area contributed by atoms with Crippen molar-refractivity contribution < 1.29 is 25.9 Å². The number of rotatable bonds is 6. The van der Waals surface area contributed by atoms with Gasteiger partial charge in [-0.1, -0.05) is 76.2 Å². The molecule has 0 aliphatic heterocycles. The molecule has 4 aromatic carbocycles. The van der Waals surface area contributed by atoms with Crippen molar-refractivity contribution in [2.45, 2.75) is 63.2 Å². The van der Waals surface area contributed by atoms with Crippen LogP contribution in [0.1, 0.15) is 49.9 Å². The third-order valence-corrected chi connectivity index (χ3v) is 8.18. The van der Waals surface area contributed by atoms with Crippen LogP contribution in [0, 0.1) is 0 Å². The third-order valence-electron chi connectivity index (χ3n) is 6.42. The van der Waals surface area contributed by atoms with Crippen LogP contribution in [0.15, 0.2) is 70.5 Å². The minimum atomic E-state index is -4.44. The second-order valence-corrected chi connectivity index (χ2v) is 11.1. The maximum absolute atomic E-state index is 11.4. The molecule has 0 saturated heterocycles. The molecule has 0 amide bonds. The fourth-order valence-corrected chi connectivity index (χ4v) is 6.10. The summed E-state index contributed by atoms with van der Waals surface area (Å²) in [5.41, 5.74) is 3.93. The predicted octanol–water partition coefficient (Wildman–Crippen LogP) is 5.36. The van der Waals surface area contributed by atoms with Gasteiger partial charge < -0.3 is 9.11 Å². The smallest absolute Gasteiger partial charge is 0.744 e. The zero-order valence-corrected chi connectivity index (χ0v) is 25.4. The second kappa shape index (κ2) is 13.0. The average Bonchev–Trinajstić information content (AvgIpc) is 2.85. The molecule has 0 N–H and O–H groups in total. The van der Waals surface area contributed by atoms with Crippen LogP contribution < -0.4 is 0 Å². The molecule has 6 nitrogen and oxygen atoms in total. The van der Waals surface area contributed by atoms with Crippen LogP contribution >= 0.6 is 0 Å². The predicted molar refractivity (Wildman–Crippen MR) is 147 cm³/mol. The first-order valence-electron chi connectivity index (χ1n) is 12.0. The summed E-state index contributed by atoms with van der Waals surface area (Å²) < 4.78 is 68.2. The number of fused-ring (bicyclic) bond motifs is 2. The van der Waals surface area contributed by atoms with Gasteiger partial charge in [0.05, 0.1) is 9.79 Å². The van der Waals surface area contributed by atoms with E-state index >= 15 is 0 Å². The van der Waals surface area contributed by atoms with Crippen LogP contribution in [0.4, 0.5) is 0 Å². The number of aryl methyl sites for hydroxylation is 4. The molecule has 37 heavy (non-hydrogen) atoms. The van der Waals surface area contributed by atoms with Gasteiger partial charge in [-0.05, 0) is 70.8 Å². The Balaban J connectivity index is 0.000000253. The van der Waals surface area contributed by atoms with Gasteiger partial charge in [0.2, 0.25) is 0 Å². The molecule has 0 bridgehead atoms. The van der Waals surface area contributed by atoms with Crippen LogP contribution in [0.2, 0.25) is 0 Å². The van der Waals surface area contributed by atoms with E-state index in [0.29, 0.717) is 23.6 Å². The molecular weight excluding hydrogens is 537 g/mol. The van der Waals surface area contributed by atoms with Gasteiger partial charge >= 0.3 is 37.7 Å². The van der Waals surface area contributed by atoms with Crippen molar-refractivity contribution in [1.82, 2.24) is 0 Å². The SMILES string of the molecule is CCc1ccc(CC)c2c(S(=O)(=O)[O-])cccc12.CCc1ccc(CC)c2c(S(=O)(=O)[O-])cccc12.[Ca+2]. The Kier molecular flexibility index (Phi) is 11.2. The molecule has 0 radical (unpaired) electrons. The molecule has 4 rings (SSSR count). The van der Waals surface area contributed by atoms with Crippen LogP contribution in [0.3, 0.4) is 0 Å². The molecule has 192 valence electrons. The van der Waals surface area contributed by atoms with Crippen molar-refractivity contribution in [3.63, 3.8) is 0 Å². The van der Waals surface area contributed by atoms with E-state index in [1.165, 1.54) is 12.1 Å². The maximum Gasteiger partial charge on any atom is 2.00 e. The van der Waals surface area contributed by atoms with E-state index in [1.807, 2.05) is 64.1 Å². The van der Waals surface area contributed by atoms with E-state index in [9.17, 15) is 25.9 Å². The van der Waals surface area contributed by atoms with Gasteiger partial charge in [0.15, 0.2) is 0 Å². The van der Waals surface area contributed by atoms with Crippen molar-refractivity contribution in [2.75, 3.05) is 0 Å². The summed E-state index contributed by atoms with van der Waals surface area (Å²) in [7, 11) is -8.87. The number of benzene rings is 4. The molecule has 4 aromatic rings. The van der Waals surface area contributed by atoms with Crippen molar-refractivity contribution >= 4 is 79.5 Å². The summed E-state index contributed by atoms with van der Waals surface area (Å²) in [5, 5.41) is 2.92. The maximum atomic E-state index is 11.4. The first kappa shape index (κ1) is 31.7. The van der Waals surface area contributed by atoms with Gasteiger partial charge in [0.25, 0.3) is 0 Å². The van der Waals surface area contributed by atoms with Crippen molar-refractivity contribution in [2.24, 2.45) is 0 Å². The van der Waals surface area contributed by atoms with Crippen LogP contribution in [-0.4, -0.2) is 63.7 Å². The minimum absolute atomic E-state index is 0. The molecule has 0 spiro atoms. The molecule has 0 saturated carbocycles. The Hall–Kier alpha value is -1.52. The summed E-state index contributed by atoms with van der Waals surface area (Å²) in [6.45, 7) is 7.93. The standard InChI is InChI=1S/2C14H16O3S.Ca/c2*1-3-10-8-9-11(4-2)14-12(10)6-5-7-13(14)18(15,16)17;/h2*5-9H,3-4H2,1-2H3,(H,15,16,17);/q;;+2/p-2. The Morgan fingerprint density at radius 3 is 1.08 bits per heavy atom. The summed E-state index contributed by atoms with van der Waals surface area (Å²) in [4.78, 5) is -0.209. The Morgan fingerprint density at radius 1 is 0.514 bits per heavy atom. The van der Waals surface area contributed by atoms with E-state index in [-0.39, 0.29) is 47.5 Å². The van der Waals surface area contributed by atoms with Crippen molar-refractivity contribution in [1.29, 1.82) is 0 Å². The second-order valence-electron chi connectivity index (χ2n) is 8.45. The van der Waals surface area contributed by atoms with Crippen LogP contribution in [0.5, 0.6) is 0 Å². The van der Waals surface area contributed by atoms with Gasteiger partial charge in [-0.2, -0.15) is 0 Å². The average molecular weight is 567 g/mol. The molecule has 0 aliphatic carbocycles. The van der Waals surface area contributed by atoms with E-state index in [1.54, 1.807) is 12.1 Å². The normalized spacial score (nSPS) is 11.6. The minimum Gasteiger partial charge on any atom is -0.744 e. The van der Waals surface area contributed by atoms with Crippen molar-refractivity contribution in [3.05, 3.63) is 82.9 Å². The molecule has 9 heteroatoms. The third kappa shape index (κ3) is 6.92. The summed E-state index contributed by atoms with van der Waals surface area (Å²) in [6, 6.07) is 17.6.